The Morgan fingerprint density at radius 2 is 2.17 bits per heavy atom. The van der Waals surface area contributed by atoms with E-state index in [0.29, 0.717) is 23.5 Å². The van der Waals surface area contributed by atoms with E-state index < -0.39 is 0 Å². The average Bonchev–Trinajstić information content (AvgIpc) is 3.38. The van der Waals surface area contributed by atoms with Crippen molar-refractivity contribution in [3.8, 4) is 5.75 Å². The molecule has 1 atom stereocenters. The molecular formula is C21H22FN5O2. The Hall–Kier alpha value is -3.16. The summed E-state index contributed by atoms with van der Waals surface area (Å²) in [6, 6.07) is 6.30. The quantitative estimate of drug-likeness (QED) is 0.686. The van der Waals surface area contributed by atoms with Gasteiger partial charge >= 0.3 is 0 Å². The van der Waals surface area contributed by atoms with Crippen molar-refractivity contribution >= 4 is 17.4 Å². The standard InChI is InChI=1S/C21H22FN5O2/c1-3-26-18-6-9-27-19(25-18)15(11-23-27)20(28)24-13(2)12-29-17-5-4-14(22)10-16(17)21(26)7-8-21/h4-6,9-11,13H,3,7-8,12H2,1-2H3,(H,24,28)/t13-/m0/s1. The lowest BCUT2D eigenvalue weighted by Crippen LogP contribution is -2.37. The van der Waals surface area contributed by atoms with Gasteiger partial charge in [-0.1, -0.05) is 0 Å². The van der Waals surface area contributed by atoms with Crippen LogP contribution in [0.5, 0.6) is 5.75 Å². The fourth-order valence-corrected chi connectivity index (χ4v) is 4.21. The van der Waals surface area contributed by atoms with E-state index in [0.717, 1.165) is 24.2 Å². The number of fused-ring (bicyclic) bond motifs is 3. The van der Waals surface area contributed by atoms with Gasteiger partial charge in [0.25, 0.3) is 5.91 Å². The molecule has 1 aliphatic carbocycles. The number of aromatic nitrogens is 3. The van der Waals surface area contributed by atoms with Gasteiger partial charge in [0.05, 0.1) is 17.8 Å². The molecule has 1 N–H and O–H groups in total. The van der Waals surface area contributed by atoms with Crippen molar-refractivity contribution in [2.75, 3.05) is 18.1 Å². The highest BCUT2D eigenvalue weighted by Crippen LogP contribution is 2.55. The lowest BCUT2D eigenvalue weighted by atomic mass is 10.0. The van der Waals surface area contributed by atoms with Crippen molar-refractivity contribution in [1.82, 2.24) is 19.9 Å². The van der Waals surface area contributed by atoms with Crippen LogP contribution >= 0.6 is 0 Å². The van der Waals surface area contributed by atoms with Gasteiger partial charge in [0.15, 0.2) is 5.65 Å². The zero-order valence-electron chi connectivity index (χ0n) is 16.4. The van der Waals surface area contributed by atoms with E-state index in [9.17, 15) is 9.18 Å². The highest BCUT2D eigenvalue weighted by atomic mass is 19.1. The van der Waals surface area contributed by atoms with E-state index in [1.165, 1.54) is 12.3 Å². The maximum Gasteiger partial charge on any atom is 0.257 e. The summed E-state index contributed by atoms with van der Waals surface area (Å²) in [5.41, 5.74) is 1.38. The Kier molecular flexibility index (Phi) is 3.97. The molecule has 8 heteroatoms. The van der Waals surface area contributed by atoms with Gasteiger partial charge in [-0.3, -0.25) is 4.79 Å². The molecule has 1 aliphatic heterocycles. The molecule has 0 unspecified atom stereocenters. The van der Waals surface area contributed by atoms with Crippen LogP contribution in [0.15, 0.2) is 36.7 Å². The fraction of sp³-hybridized carbons (Fsp3) is 0.381. The molecule has 2 bridgehead atoms. The Morgan fingerprint density at radius 1 is 1.34 bits per heavy atom. The van der Waals surface area contributed by atoms with Gasteiger partial charge in [0.2, 0.25) is 0 Å². The molecule has 1 fully saturated rings. The predicted molar refractivity (Wildman–Crippen MR) is 106 cm³/mol. The summed E-state index contributed by atoms with van der Waals surface area (Å²) in [4.78, 5) is 19.7. The maximum absolute atomic E-state index is 14.2. The molecule has 2 aromatic heterocycles. The smallest absolute Gasteiger partial charge is 0.257 e. The van der Waals surface area contributed by atoms with Gasteiger partial charge in [0.1, 0.15) is 29.6 Å². The van der Waals surface area contributed by atoms with Crippen molar-refractivity contribution in [1.29, 1.82) is 0 Å². The molecule has 1 saturated carbocycles. The number of carbonyl (C=O) groups is 1. The van der Waals surface area contributed by atoms with E-state index in [-0.39, 0.29) is 29.9 Å². The summed E-state index contributed by atoms with van der Waals surface area (Å²) in [5.74, 6) is 0.840. The summed E-state index contributed by atoms with van der Waals surface area (Å²) < 4.78 is 21.9. The van der Waals surface area contributed by atoms with E-state index >= 15 is 0 Å². The molecule has 7 nitrogen and oxygen atoms in total. The number of nitrogens with zero attached hydrogens (tertiary/aromatic N) is 4. The van der Waals surface area contributed by atoms with Crippen molar-refractivity contribution in [2.45, 2.75) is 38.3 Å². The number of ether oxygens (including phenoxy) is 1. The van der Waals surface area contributed by atoms with E-state index in [1.807, 2.05) is 13.0 Å². The van der Waals surface area contributed by atoms with Gasteiger partial charge in [0, 0.05) is 18.3 Å². The van der Waals surface area contributed by atoms with Crippen molar-refractivity contribution in [3.05, 3.63) is 53.6 Å². The second-order valence-electron chi connectivity index (χ2n) is 7.71. The number of rotatable bonds is 1. The Morgan fingerprint density at radius 3 is 2.93 bits per heavy atom. The van der Waals surface area contributed by atoms with Crippen LogP contribution in [0.25, 0.3) is 5.65 Å². The number of amides is 1. The highest BCUT2D eigenvalue weighted by molar-refractivity contribution is 5.99. The molecule has 29 heavy (non-hydrogen) atoms. The normalized spacial score (nSPS) is 20.4. The predicted octanol–water partition coefficient (Wildman–Crippen LogP) is 2.89. The summed E-state index contributed by atoms with van der Waals surface area (Å²) in [6.07, 6.45) is 5.10. The van der Waals surface area contributed by atoms with Gasteiger partial charge in [-0.2, -0.15) is 5.10 Å². The van der Waals surface area contributed by atoms with Gasteiger partial charge in [-0.15, -0.1) is 0 Å². The number of hydrogen-bond donors (Lipinski definition) is 1. The van der Waals surface area contributed by atoms with Crippen LogP contribution in [0.2, 0.25) is 0 Å². The highest BCUT2D eigenvalue weighted by Gasteiger charge is 2.51. The van der Waals surface area contributed by atoms with Crippen LogP contribution in [0.1, 0.15) is 42.6 Å². The topological polar surface area (TPSA) is 71.8 Å². The first-order chi connectivity index (χ1) is 14.0. The minimum absolute atomic E-state index is 0.239. The van der Waals surface area contributed by atoms with Crippen LogP contribution in [0.3, 0.4) is 0 Å². The summed E-state index contributed by atoms with van der Waals surface area (Å²) in [7, 11) is 0. The number of halogens is 1. The summed E-state index contributed by atoms with van der Waals surface area (Å²) >= 11 is 0. The molecular weight excluding hydrogens is 373 g/mol. The Labute approximate surface area is 167 Å². The number of anilines is 1. The molecule has 150 valence electrons. The number of carbonyl (C=O) groups excluding carboxylic acids is 1. The third-order valence-electron chi connectivity index (χ3n) is 5.74. The summed E-state index contributed by atoms with van der Waals surface area (Å²) in [6.45, 7) is 4.89. The van der Waals surface area contributed by atoms with Crippen LogP contribution < -0.4 is 15.0 Å². The van der Waals surface area contributed by atoms with Crippen LogP contribution in [-0.4, -0.2) is 39.7 Å². The molecule has 1 spiro atoms. The summed E-state index contributed by atoms with van der Waals surface area (Å²) in [5, 5.41) is 7.18. The lowest BCUT2D eigenvalue weighted by molar-refractivity contribution is 0.0928. The van der Waals surface area contributed by atoms with Gasteiger partial charge < -0.3 is 15.0 Å². The van der Waals surface area contributed by atoms with Gasteiger partial charge in [-0.25, -0.2) is 13.9 Å². The molecule has 3 heterocycles. The van der Waals surface area contributed by atoms with E-state index in [1.54, 1.807) is 22.8 Å². The first-order valence-corrected chi connectivity index (χ1v) is 9.87. The molecule has 3 aromatic rings. The van der Waals surface area contributed by atoms with Crippen molar-refractivity contribution in [2.24, 2.45) is 0 Å². The fourth-order valence-electron chi connectivity index (χ4n) is 4.21. The number of benzene rings is 1. The first-order valence-electron chi connectivity index (χ1n) is 9.87. The number of hydrogen-bond acceptors (Lipinski definition) is 5. The van der Waals surface area contributed by atoms with E-state index in [4.69, 9.17) is 9.72 Å². The first kappa shape index (κ1) is 17.9. The Balaban J connectivity index is 1.72. The molecule has 5 rings (SSSR count). The lowest BCUT2D eigenvalue weighted by Gasteiger charge is -2.33. The largest absolute Gasteiger partial charge is 0.491 e. The van der Waals surface area contributed by atoms with Crippen LogP contribution in [0.4, 0.5) is 10.2 Å². The molecule has 2 aliphatic rings. The van der Waals surface area contributed by atoms with E-state index in [2.05, 4.69) is 22.2 Å². The van der Waals surface area contributed by atoms with Crippen molar-refractivity contribution in [3.63, 3.8) is 0 Å². The molecule has 0 saturated heterocycles. The Bertz CT molecular complexity index is 1110. The molecule has 1 amide bonds. The van der Waals surface area contributed by atoms with Crippen LogP contribution in [0, 0.1) is 5.82 Å². The minimum Gasteiger partial charge on any atom is -0.491 e. The number of nitrogens with one attached hydrogen (secondary N) is 1. The zero-order chi connectivity index (χ0) is 20.2. The monoisotopic (exact) mass is 395 g/mol. The average molecular weight is 395 g/mol. The zero-order valence-corrected chi connectivity index (χ0v) is 16.4. The second kappa shape index (κ2) is 6.43. The van der Waals surface area contributed by atoms with Crippen molar-refractivity contribution < 1.29 is 13.9 Å². The van der Waals surface area contributed by atoms with Gasteiger partial charge in [-0.05, 0) is 51.0 Å². The third-order valence-corrected chi connectivity index (χ3v) is 5.74. The maximum atomic E-state index is 14.2. The third kappa shape index (κ3) is 2.82. The molecule has 1 aromatic carbocycles. The molecule has 0 radical (unpaired) electrons. The van der Waals surface area contributed by atoms with Crippen LogP contribution in [-0.2, 0) is 5.54 Å². The second-order valence-corrected chi connectivity index (χ2v) is 7.71. The minimum atomic E-state index is -0.369. The SMILES string of the molecule is CCN1c2ccn3ncc(c3n2)C(=O)N[C@@H](C)COc2ccc(F)cc2C12CC2.